The molecule has 1 aromatic rings. The van der Waals surface area contributed by atoms with Gasteiger partial charge in [-0.05, 0) is 53.7 Å². The first kappa shape index (κ1) is 12.5. The summed E-state index contributed by atoms with van der Waals surface area (Å²) in [6.07, 6.45) is 3.63. The van der Waals surface area contributed by atoms with Crippen molar-refractivity contribution in [2.45, 2.75) is 24.3 Å². The molecule has 0 fully saturated rings. The third-order valence-electron chi connectivity index (χ3n) is 2.18. The zero-order valence-corrected chi connectivity index (χ0v) is 11.3. The number of halogens is 1. The fraction of sp³-hybridized carbons (Fsp3) is 0.364. The molecule has 0 unspecified atom stereocenters. The lowest BCUT2D eigenvalue weighted by Gasteiger charge is -2.18. The number of hydrogen-bond donors (Lipinski definition) is 0. The molecule has 0 radical (unpaired) electrons. The lowest BCUT2D eigenvalue weighted by Crippen LogP contribution is -2.13. The molecule has 0 bridgehead atoms. The minimum Gasteiger partial charge on any atom is -0.211 e. The summed E-state index contributed by atoms with van der Waals surface area (Å²) in [5, 5.41) is 0. The normalized spacial score (nSPS) is 10.9. The Labute approximate surface area is 102 Å². The van der Waals surface area contributed by atoms with Gasteiger partial charge in [0.2, 0.25) is 6.08 Å². The SMILES string of the molecule is CSc1ccc(C(C)(C)N=C=O)cc1Br. The van der Waals surface area contributed by atoms with Crippen molar-refractivity contribution in [2.24, 2.45) is 4.99 Å². The molecule has 15 heavy (non-hydrogen) atoms. The van der Waals surface area contributed by atoms with Crippen LogP contribution < -0.4 is 0 Å². The molecular formula is C11H12BrNOS. The van der Waals surface area contributed by atoms with Crippen LogP contribution in [0.25, 0.3) is 0 Å². The van der Waals surface area contributed by atoms with E-state index in [1.165, 1.54) is 4.90 Å². The predicted molar refractivity (Wildman–Crippen MR) is 67.1 cm³/mol. The Morgan fingerprint density at radius 1 is 1.47 bits per heavy atom. The van der Waals surface area contributed by atoms with Crippen LogP contribution in [0.3, 0.4) is 0 Å². The highest BCUT2D eigenvalue weighted by Crippen LogP contribution is 2.32. The highest BCUT2D eigenvalue weighted by molar-refractivity contribution is 9.10. The molecule has 0 saturated carbocycles. The summed E-state index contributed by atoms with van der Waals surface area (Å²) in [7, 11) is 0. The summed E-state index contributed by atoms with van der Waals surface area (Å²) in [5.74, 6) is 0. The average Bonchev–Trinajstić information content (AvgIpc) is 2.17. The van der Waals surface area contributed by atoms with Crippen molar-refractivity contribution < 1.29 is 4.79 Å². The highest BCUT2D eigenvalue weighted by Gasteiger charge is 2.19. The third-order valence-corrected chi connectivity index (χ3v) is 3.90. The van der Waals surface area contributed by atoms with Gasteiger partial charge >= 0.3 is 0 Å². The van der Waals surface area contributed by atoms with E-state index in [0.717, 1.165) is 10.0 Å². The second-order valence-corrected chi connectivity index (χ2v) is 5.31. The van der Waals surface area contributed by atoms with E-state index >= 15 is 0 Å². The number of isocyanates is 1. The number of rotatable bonds is 3. The Hall–Kier alpha value is -0.570. The molecule has 4 heteroatoms. The van der Waals surface area contributed by atoms with Gasteiger partial charge < -0.3 is 0 Å². The van der Waals surface area contributed by atoms with Gasteiger partial charge in [-0.3, -0.25) is 0 Å². The number of carbonyl (C=O) groups excluding carboxylic acids is 1. The van der Waals surface area contributed by atoms with E-state index in [2.05, 4.69) is 20.9 Å². The van der Waals surface area contributed by atoms with Crippen molar-refractivity contribution in [3.8, 4) is 0 Å². The summed E-state index contributed by atoms with van der Waals surface area (Å²) in [6.45, 7) is 3.77. The smallest absolute Gasteiger partial charge is 0.211 e. The van der Waals surface area contributed by atoms with Gasteiger partial charge in [0.25, 0.3) is 0 Å². The Bertz CT molecular complexity index is 411. The van der Waals surface area contributed by atoms with Gasteiger partial charge in [0.05, 0.1) is 5.54 Å². The van der Waals surface area contributed by atoms with Crippen LogP contribution in [-0.2, 0) is 10.3 Å². The maximum Gasteiger partial charge on any atom is 0.235 e. The van der Waals surface area contributed by atoms with E-state index in [1.807, 2.05) is 38.3 Å². The fourth-order valence-electron chi connectivity index (χ4n) is 1.23. The lowest BCUT2D eigenvalue weighted by molar-refractivity contribution is 0.522. The maximum absolute atomic E-state index is 10.3. The second-order valence-electron chi connectivity index (χ2n) is 3.61. The van der Waals surface area contributed by atoms with Gasteiger partial charge in [-0.2, -0.15) is 4.99 Å². The van der Waals surface area contributed by atoms with Crippen LogP contribution in [0.4, 0.5) is 0 Å². The molecule has 0 spiro atoms. The molecule has 1 aromatic carbocycles. The zero-order chi connectivity index (χ0) is 11.5. The van der Waals surface area contributed by atoms with Crippen LogP contribution in [0.1, 0.15) is 19.4 Å². The van der Waals surface area contributed by atoms with E-state index in [9.17, 15) is 4.79 Å². The van der Waals surface area contributed by atoms with Gasteiger partial charge in [0.1, 0.15) is 0 Å². The average molecular weight is 286 g/mol. The van der Waals surface area contributed by atoms with Crippen molar-refractivity contribution in [1.29, 1.82) is 0 Å². The van der Waals surface area contributed by atoms with Gasteiger partial charge in [-0.15, -0.1) is 11.8 Å². The molecule has 0 aliphatic rings. The molecule has 2 nitrogen and oxygen atoms in total. The van der Waals surface area contributed by atoms with Crippen LogP contribution in [0, 0.1) is 0 Å². The van der Waals surface area contributed by atoms with Crippen LogP contribution in [0.5, 0.6) is 0 Å². The Kier molecular flexibility index (Phi) is 4.14. The first-order chi connectivity index (χ1) is 7.01. The fourth-order valence-corrected chi connectivity index (χ4v) is 2.55. The minimum absolute atomic E-state index is 0.513. The van der Waals surface area contributed by atoms with Crippen LogP contribution in [0.15, 0.2) is 32.6 Å². The molecular weight excluding hydrogens is 274 g/mol. The number of aliphatic imine (C=N–C) groups is 1. The molecule has 0 N–H and O–H groups in total. The predicted octanol–water partition coefficient (Wildman–Crippen LogP) is 3.74. The minimum atomic E-state index is -0.513. The first-order valence-electron chi connectivity index (χ1n) is 4.44. The maximum atomic E-state index is 10.3. The summed E-state index contributed by atoms with van der Waals surface area (Å²) in [5.41, 5.74) is 0.483. The number of nitrogens with zero attached hydrogens (tertiary/aromatic N) is 1. The quantitative estimate of drug-likeness (QED) is 0.481. The lowest BCUT2D eigenvalue weighted by atomic mass is 9.95. The van der Waals surface area contributed by atoms with E-state index in [1.54, 1.807) is 17.8 Å². The van der Waals surface area contributed by atoms with Crippen molar-refractivity contribution in [2.75, 3.05) is 6.26 Å². The van der Waals surface area contributed by atoms with Crippen molar-refractivity contribution in [3.05, 3.63) is 28.2 Å². The molecule has 0 amide bonds. The molecule has 0 saturated heterocycles. The topological polar surface area (TPSA) is 29.4 Å². The monoisotopic (exact) mass is 285 g/mol. The Morgan fingerprint density at radius 3 is 2.60 bits per heavy atom. The summed E-state index contributed by atoms with van der Waals surface area (Å²) in [4.78, 5) is 15.3. The van der Waals surface area contributed by atoms with E-state index < -0.39 is 5.54 Å². The van der Waals surface area contributed by atoms with Crippen LogP contribution in [0.2, 0.25) is 0 Å². The van der Waals surface area contributed by atoms with Crippen LogP contribution in [-0.4, -0.2) is 12.3 Å². The molecule has 0 atom stereocenters. The van der Waals surface area contributed by atoms with Gasteiger partial charge in [0.15, 0.2) is 0 Å². The highest BCUT2D eigenvalue weighted by atomic mass is 79.9. The number of hydrogen-bond acceptors (Lipinski definition) is 3. The molecule has 1 rings (SSSR count). The van der Waals surface area contributed by atoms with Gasteiger partial charge in [-0.25, -0.2) is 4.79 Å². The standard InChI is InChI=1S/C11H12BrNOS/c1-11(2,13-7-14)8-4-5-10(15-3)9(12)6-8/h4-6H,1-3H3. The van der Waals surface area contributed by atoms with E-state index in [0.29, 0.717) is 0 Å². The van der Waals surface area contributed by atoms with Crippen molar-refractivity contribution >= 4 is 33.8 Å². The van der Waals surface area contributed by atoms with Gasteiger partial charge in [0, 0.05) is 9.37 Å². The molecule has 80 valence electrons. The largest absolute Gasteiger partial charge is 0.235 e. The number of benzene rings is 1. The Balaban J connectivity index is 3.17. The summed E-state index contributed by atoms with van der Waals surface area (Å²) >= 11 is 5.16. The number of thioether (sulfide) groups is 1. The van der Waals surface area contributed by atoms with Crippen molar-refractivity contribution in [1.82, 2.24) is 0 Å². The third kappa shape index (κ3) is 2.94. The molecule has 0 aliphatic carbocycles. The summed E-state index contributed by atoms with van der Waals surface area (Å²) in [6, 6.07) is 6.00. The van der Waals surface area contributed by atoms with E-state index in [-0.39, 0.29) is 0 Å². The van der Waals surface area contributed by atoms with E-state index in [4.69, 9.17) is 0 Å². The van der Waals surface area contributed by atoms with Crippen molar-refractivity contribution in [3.63, 3.8) is 0 Å². The first-order valence-corrected chi connectivity index (χ1v) is 6.46. The molecule has 0 heterocycles. The zero-order valence-electron chi connectivity index (χ0n) is 8.87. The summed E-state index contributed by atoms with van der Waals surface area (Å²) < 4.78 is 1.03. The van der Waals surface area contributed by atoms with Gasteiger partial charge in [-0.1, -0.05) is 6.07 Å². The van der Waals surface area contributed by atoms with Crippen LogP contribution >= 0.6 is 27.7 Å². The Morgan fingerprint density at radius 2 is 2.13 bits per heavy atom. The second kappa shape index (κ2) is 4.97. The molecule has 0 aromatic heterocycles. The molecule has 0 aliphatic heterocycles.